The standard InChI is InChI=1S/C19H18BrN3S/c20-17-9-5-4-8-16(17)13-24-19-22-21-18(15-10-11-15)23(19)12-14-6-2-1-3-7-14/h1-9,15H,10-13H2. The molecule has 4 rings (SSSR count). The molecule has 0 saturated heterocycles. The molecule has 2 aromatic carbocycles. The number of rotatable bonds is 6. The molecule has 0 N–H and O–H groups in total. The number of hydrogen-bond acceptors (Lipinski definition) is 3. The smallest absolute Gasteiger partial charge is 0.191 e. The van der Waals surface area contributed by atoms with Crippen molar-refractivity contribution in [3.63, 3.8) is 0 Å². The Morgan fingerprint density at radius 1 is 1.00 bits per heavy atom. The van der Waals surface area contributed by atoms with Gasteiger partial charge in [0.25, 0.3) is 0 Å². The molecular formula is C19H18BrN3S. The molecule has 0 bridgehead atoms. The molecule has 0 radical (unpaired) electrons. The Bertz CT molecular complexity index is 828. The quantitative estimate of drug-likeness (QED) is 0.529. The van der Waals surface area contributed by atoms with E-state index in [4.69, 9.17) is 0 Å². The first-order chi connectivity index (χ1) is 11.8. The van der Waals surface area contributed by atoms with Gasteiger partial charge in [-0.05, 0) is 30.0 Å². The highest BCUT2D eigenvalue weighted by Crippen LogP contribution is 2.40. The molecule has 1 aliphatic carbocycles. The summed E-state index contributed by atoms with van der Waals surface area (Å²) < 4.78 is 3.45. The van der Waals surface area contributed by atoms with Crippen LogP contribution < -0.4 is 0 Å². The second-order valence-electron chi connectivity index (χ2n) is 6.07. The zero-order valence-corrected chi connectivity index (χ0v) is 15.6. The molecule has 122 valence electrons. The summed E-state index contributed by atoms with van der Waals surface area (Å²) in [6.45, 7) is 0.845. The molecule has 3 aromatic rings. The molecule has 5 heteroatoms. The third kappa shape index (κ3) is 3.57. The number of aromatic nitrogens is 3. The Morgan fingerprint density at radius 3 is 2.50 bits per heavy atom. The first kappa shape index (κ1) is 15.9. The highest BCUT2D eigenvalue weighted by atomic mass is 79.9. The maximum Gasteiger partial charge on any atom is 0.191 e. The van der Waals surface area contributed by atoms with E-state index in [1.54, 1.807) is 11.8 Å². The van der Waals surface area contributed by atoms with Crippen LogP contribution in [0.4, 0.5) is 0 Å². The van der Waals surface area contributed by atoms with Crippen LogP contribution in [0.25, 0.3) is 0 Å². The average Bonchev–Trinajstić information content (AvgIpc) is 3.38. The van der Waals surface area contributed by atoms with Crippen molar-refractivity contribution < 1.29 is 0 Å². The molecule has 1 heterocycles. The van der Waals surface area contributed by atoms with Gasteiger partial charge in [-0.3, -0.25) is 0 Å². The van der Waals surface area contributed by atoms with E-state index in [-0.39, 0.29) is 0 Å². The number of halogens is 1. The van der Waals surface area contributed by atoms with Crippen molar-refractivity contribution in [3.8, 4) is 0 Å². The summed E-state index contributed by atoms with van der Waals surface area (Å²) in [7, 11) is 0. The predicted octanol–water partition coefficient (Wildman–Crippen LogP) is 5.26. The SMILES string of the molecule is Brc1ccccc1CSc1nnc(C2CC2)n1Cc1ccccc1. The summed E-state index contributed by atoms with van der Waals surface area (Å²) in [6.07, 6.45) is 2.48. The van der Waals surface area contributed by atoms with E-state index < -0.39 is 0 Å². The van der Waals surface area contributed by atoms with Gasteiger partial charge < -0.3 is 4.57 Å². The number of nitrogens with zero attached hydrogens (tertiary/aromatic N) is 3. The summed E-state index contributed by atoms with van der Waals surface area (Å²) in [5.74, 6) is 2.63. The molecule has 3 nitrogen and oxygen atoms in total. The molecule has 0 amide bonds. The normalized spacial score (nSPS) is 14.0. The fourth-order valence-corrected chi connectivity index (χ4v) is 4.28. The number of benzene rings is 2. The molecule has 1 fully saturated rings. The lowest BCUT2D eigenvalue weighted by molar-refractivity contribution is 0.667. The van der Waals surface area contributed by atoms with Gasteiger partial charge >= 0.3 is 0 Å². The lowest BCUT2D eigenvalue weighted by Gasteiger charge is -2.10. The summed E-state index contributed by atoms with van der Waals surface area (Å²) in [5, 5.41) is 9.98. The van der Waals surface area contributed by atoms with Crippen LogP contribution in [-0.4, -0.2) is 14.8 Å². The van der Waals surface area contributed by atoms with Crippen molar-refractivity contribution in [3.05, 3.63) is 76.0 Å². The average molecular weight is 400 g/mol. The van der Waals surface area contributed by atoms with Gasteiger partial charge in [0.2, 0.25) is 0 Å². The summed E-state index contributed by atoms with van der Waals surface area (Å²) in [5.41, 5.74) is 2.58. The highest BCUT2D eigenvalue weighted by Gasteiger charge is 2.30. The molecule has 0 aliphatic heterocycles. The Balaban J connectivity index is 1.57. The van der Waals surface area contributed by atoms with Gasteiger partial charge in [0.15, 0.2) is 5.16 Å². The van der Waals surface area contributed by atoms with Crippen LogP contribution >= 0.6 is 27.7 Å². The molecule has 1 saturated carbocycles. The molecule has 0 atom stereocenters. The van der Waals surface area contributed by atoms with Crippen molar-refractivity contribution in [2.75, 3.05) is 0 Å². The topological polar surface area (TPSA) is 30.7 Å². The second-order valence-corrected chi connectivity index (χ2v) is 7.86. The van der Waals surface area contributed by atoms with Crippen molar-refractivity contribution >= 4 is 27.7 Å². The number of hydrogen-bond donors (Lipinski definition) is 0. The molecule has 0 unspecified atom stereocenters. The third-order valence-electron chi connectivity index (χ3n) is 4.19. The minimum atomic E-state index is 0.596. The van der Waals surface area contributed by atoms with Gasteiger partial charge in [-0.1, -0.05) is 76.2 Å². The van der Waals surface area contributed by atoms with Crippen LogP contribution in [-0.2, 0) is 12.3 Å². The third-order valence-corrected chi connectivity index (χ3v) is 5.98. The van der Waals surface area contributed by atoms with E-state index in [1.807, 2.05) is 6.07 Å². The largest absolute Gasteiger partial charge is 0.301 e. The predicted molar refractivity (Wildman–Crippen MR) is 101 cm³/mol. The van der Waals surface area contributed by atoms with Crippen LogP contribution in [0, 0.1) is 0 Å². The van der Waals surface area contributed by atoms with Crippen LogP contribution in [0.2, 0.25) is 0 Å². The Hall–Kier alpha value is -1.59. The maximum atomic E-state index is 4.49. The zero-order chi connectivity index (χ0) is 16.4. The van der Waals surface area contributed by atoms with E-state index in [1.165, 1.54) is 24.0 Å². The number of thioether (sulfide) groups is 1. The van der Waals surface area contributed by atoms with Gasteiger partial charge in [-0.15, -0.1) is 10.2 Å². The lowest BCUT2D eigenvalue weighted by atomic mass is 10.2. The summed E-state index contributed by atoms with van der Waals surface area (Å²) in [4.78, 5) is 0. The molecule has 1 aliphatic rings. The minimum absolute atomic E-state index is 0.596. The fourth-order valence-electron chi connectivity index (χ4n) is 2.72. The Morgan fingerprint density at radius 2 is 1.75 bits per heavy atom. The molecule has 1 aromatic heterocycles. The summed E-state index contributed by atoms with van der Waals surface area (Å²) >= 11 is 5.38. The molecule has 24 heavy (non-hydrogen) atoms. The van der Waals surface area contributed by atoms with Crippen LogP contribution in [0.1, 0.15) is 35.7 Å². The minimum Gasteiger partial charge on any atom is -0.301 e. The summed E-state index contributed by atoms with van der Waals surface area (Å²) in [6, 6.07) is 18.9. The van der Waals surface area contributed by atoms with Gasteiger partial charge in [0.05, 0.1) is 6.54 Å². The van der Waals surface area contributed by atoms with E-state index >= 15 is 0 Å². The van der Waals surface area contributed by atoms with Crippen molar-refractivity contribution in [1.82, 2.24) is 14.8 Å². The van der Waals surface area contributed by atoms with Gasteiger partial charge in [-0.2, -0.15) is 0 Å². The van der Waals surface area contributed by atoms with E-state index in [9.17, 15) is 0 Å². The van der Waals surface area contributed by atoms with E-state index in [0.29, 0.717) is 5.92 Å². The highest BCUT2D eigenvalue weighted by molar-refractivity contribution is 9.10. The van der Waals surface area contributed by atoms with Crippen molar-refractivity contribution in [1.29, 1.82) is 0 Å². The van der Waals surface area contributed by atoms with Gasteiger partial charge in [0, 0.05) is 16.1 Å². The van der Waals surface area contributed by atoms with Crippen molar-refractivity contribution in [2.45, 2.75) is 36.2 Å². The first-order valence-electron chi connectivity index (χ1n) is 8.14. The Labute approximate surface area is 154 Å². The van der Waals surface area contributed by atoms with Gasteiger partial charge in [-0.25, -0.2) is 0 Å². The monoisotopic (exact) mass is 399 g/mol. The van der Waals surface area contributed by atoms with E-state index in [0.717, 1.165) is 27.8 Å². The van der Waals surface area contributed by atoms with Crippen molar-refractivity contribution in [2.24, 2.45) is 0 Å². The van der Waals surface area contributed by atoms with Gasteiger partial charge in [0.1, 0.15) is 5.82 Å². The Kier molecular flexibility index (Phi) is 4.72. The second kappa shape index (κ2) is 7.11. The lowest BCUT2D eigenvalue weighted by Crippen LogP contribution is -2.06. The molecule has 0 spiro atoms. The van der Waals surface area contributed by atoms with Crippen LogP contribution in [0.3, 0.4) is 0 Å². The van der Waals surface area contributed by atoms with Crippen LogP contribution in [0.5, 0.6) is 0 Å². The fraction of sp³-hybridized carbons (Fsp3) is 0.263. The van der Waals surface area contributed by atoms with E-state index in [2.05, 4.69) is 79.2 Å². The maximum absolute atomic E-state index is 4.49. The first-order valence-corrected chi connectivity index (χ1v) is 9.92. The van der Waals surface area contributed by atoms with Crippen LogP contribution in [0.15, 0.2) is 64.2 Å². The zero-order valence-electron chi connectivity index (χ0n) is 13.2. The molecular weight excluding hydrogens is 382 g/mol.